The fraction of sp³-hybridized carbons (Fsp3) is 0.500. The molecular formula is C22H24F3N5O2. The molecule has 0 aromatic carbocycles. The zero-order chi connectivity index (χ0) is 22.9. The van der Waals surface area contributed by atoms with Crippen molar-refractivity contribution >= 4 is 29.0 Å². The van der Waals surface area contributed by atoms with Gasteiger partial charge >= 0.3 is 6.18 Å². The van der Waals surface area contributed by atoms with E-state index in [4.69, 9.17) is 4.98 Å². The van der Waals surface area contributed by atoms with Gasteiger partial charge in [-0.3, -0.25) is 4.79 Å². The average molecular weight is 447 g/mol. The molecule has 1 aliphatic carbocycles. The van der Waals surface area contributed by atoms with Crippen LogP contribution in [0.5, 0.6) is 0 Å². The summed E-state index contributed by atoms with van der Waals surface area (Å²) in [5.74, 6) is 1.27. The number of fused-ring (bicyclic) bond motifs is 2. The van der Waals surface area contributed by atoms with Crippen molar-refractivity contribution in [2.75, 3.05) is 34.8 Å². The van der Waals surface area contributed by atoms with Gasteiger partial charge in [0.15, 0.2) is 5.60 Å². The predicted molar refractivity (Wildman–Crippen MR) is 113 cm³/mol. The normalized spacial score (nSPS) is 23.6. The van der Waals surface area contributed by atoms with E-state index in [9.17, 15) is 23.1 Å². The molecule has 1 spiro atoms. The molecule has 1 amide bonds. The maximum absolute atomic E-state index is 13.3. The van der Waals surface area contributed by atoms with Crippen LogP contribution < -0.4 is 15.1 Å². The van der Waals surface area contributed by atoms with Crippen molar-refractivity contribution in [3.63, 3.8) is 0 Å². The lowest BCUT2D eigenvalue weighted by Crippen LogP contribution is -2.47. The highest BCUT2D eigenvalue weighted by Gasteiger charge is 2.57. The summed E-state index contributed by atoms with van der Waals surface area (Å²) in [5, 5.41) is 12.8. The molecule has 170 valence electrons. The van der Waals surface area contributed by atoms with E-state index in [2.05, 4.69) is 15.2 Å². The van der Waals surface area contributed by atoms with Crippen LogP contribution in [-0.2, 0) is 10.2 Å². The molecule has 7 nitrogen and oxygen atoms in total. The molecule has 1 saturated heterocycles. The first-order valence-corrected chi connectivity index (χ1v) is 10.6. The zero-order valence-corrected chi connectivity index (χ0v) is 17.8. The van der Waals surface area contributed by atoms with Gasteiger partial charge in [-0.15, -0.1) is 0 Å². The molecule has 2 N–H and O–H groups in total. The van der Waals surface area contributed by atoms with Crippen molar-refractivity contribution in [2.45, 2.75) is 50.3 Å². The van der Waals surface area contributed by atoms with Crippen LogP contribution in [0.3, 0.4) is 0 Å². The Morgan fingerprint density at radius 1 is 1.16 bits per heavy atom. The molecule has 0 bridgehead atoms. The smallest absolute Gasteiger partial charge is 0.379 e. The molecule has 1 unspecified atom stereocenters. The van der Waals surface area contributed by atoms with Gasteiger partial charge in [0.1, 0.15) is 17.5 Å². The van der Waals surface area contributed by atoms with Gasteiger partial charge in [0, 0.05) is 49.7 Å². The summed E-state index contributed by atoms with van der Waals surface area (Å²) in [7, 11) is 0. The topological polar surface area (TPSA) is 81.6 Å². The van der Waals surface area contributed by atoms with Gasteiger partial charge in [-0.1, -0.05) is 0 Å². The fourth-order valence-electron chi connectivity index (χ4n) is 4.73. The Kier molecular flexibility index (Phi) is 4.47. The van der Waals surface area contributed by atoms with E-state index in [0.29, 0.717) is 24.0 Å². The van der Waals surface area contributed by atoms with Crippen molar-refractivity contribution < 1.29 is 23.1 Å². The van der Waals surface area contributed by atoms with Crippen molar-refractivity contribution in [1.29, 1.82) is 0 Å². The van der Waals surface area contributed by atoms with Gasteiger partial charge < -0.3 is 20.2 Å². The summed E-state index contributed by atoms with van der Waals surface area (Å²) in [6, 6.07) is 5.47. The number of halogens is 3. The molecule has 2 aliphatic heterocycles. The van der Waals surface area contributed by atoms with Crippen molar-refractivity contribution in [3.05, 3.63) is 35.5 Å². The Hall–Kier alpha value is -2.88. The molecule has 10 heteroatoms. The van der Waals surface area contributed by atoms with E-state index >= 15 is 0 Å². The number of rotatable bonds is 3. The number of aromatic nitrogens is 2. The number of β-amino-alcohol motifs (C(OH)–C–C–N with tert-alkyl or cyclic N) is 1. The van der Waals surface area contributed by atoms with Gasteiger partial charge in [-0.05, 0) is 37.5 Å². The van der Waals surface area contributed by atoms with Crippen LogP contribution in [0.4, 0.5) is 36.3 Å². The molecule has 2 fully saturated rings. The third-order valence-electron chi connectivity index (χ3n) is 6.68. The fourth-order valence-corrected chi connectivity index (χ4v) is 4.73. The number of amides is 1. The Bertz CT molecular complexity index is 1100. The summed E-state index contributed by atoms with van der Waals surface area (Å²) >= 11 is 0. The maximum atomic E-state index is 13.3. The lowest BCUT2D eigenvalue weighted by Gasteiger charge is -2.27. The van der Waals surface area contributed by atoms with Crippen LogP contribution in [0.2, 0.25) is 0 Å². The molecule has 5 rings (SSSR count). The number of aliphatic hydroxyl groups is 1. The largest absolute Gasteiger partial charge is 0.418 e. The molecular weight excluding hydrogens is 423 g/mol. The van der Waals surface area contributed by atoms with E-state index in [1.54, 1.807) is 12.3 Å². The number of nitrogens with zero attached hydrogens (tertiary/aromatic N) is 4. The summed E-state index contributed by atoms with van der Waals surface area (Å²) in [4.78, 5) is 24.1. The second-order valence-corrected chi connectivity index (χ2v) is 9.20. The number of carbonyl (C=O) groups is 1. The van der Waals surface area contributed by atoms with E-state index in [1.165, 1.54) is 11.8 Å². The average Bonchev–Trinajstić information content (AvgIpc) is 3.24. The van der Waals surface area contributed by atoms with Gasteiger partial charge in [0.2, 0.25) is 5.91 Å². The minimum atomic E-state index is -4.69. The van der Waals surface area contributed by atoms with Crippen LogP contribution in [0.1, 0.15) is 37.3 Å². The monoisotopic (exact) mass is 447 g/mol. The van der Waals surface area contributed by atoms with Crippen LogP contribution in [0, 0.1) is 6.92 Å². The Morgan fingerprint density at radius 2 is 1.88 bits per heavy atom. The van der Waals surface area contributed by atoms with Crippen LogP contribution >= 0.6 is 0 Å². The Balaban J connectivity index is 1.50. The molecule has 32 heavy (non-hydrogen) atoms. The van der Waals surface area contributed by atoms with Crippen molar-refractivity contribution in [1.82, 2.24) is 9.97 Å². The van der Waals surface area contributed by atoms with Gasteiger partial charge in [-0.2, -0.15) is 13.2 Å². The number of hydrogen-bond acceptors (Lipinski definition) is 6. The van der Waals surface area contributed by atoms with Crippen molar-refractivity contribution in [2.24, 2.45) is 0 Å². The molecule has 4 heterocycles. The van der Waals surface area contributed by atoms with Crippen LogP contribution in [0.25, 0.3) is 0 Å². The highest BCUT2D eigenvalue weighted by molar-refractivity contribution is 5.89. The lowest BCUT2D eigenvalue weighted by molar-refractivity contribution is -0.250. The van der Waals surface area contributed by atoms with Gasteiger partial charge in [-0.25, -0.2) is 9.97 Å². The Morgan fingerprint density at radius 3 is 2.50 bits per heavy atom. The first-order chi connectivity index (χ1) is 15.0. The van der Waals surface area contributed by atoms with Gasteiger partial charge in [0.25, 0.3) is 0 Å². The minimum Gasteiger partial charge on any atom is -0.379 e. The number of pyridine rings is 2. The quantitative estimate of drug-likeness (QED) is 0.751. The predicted octanol–water partition coefficient (Wildman–Crippen LogP) is 3.43. The van der Waals surface area contributed by atoms with Gasteiger partial charge in [0.05, 0.1) is 12.2 Å². The third-order valence-corrected chi connectivity index (χ3v) is 6.68. The third kappa shape index (κ3) is 3.37. The standard InChI is InChI=1S/C22H24F3N5O2/c1-13-7-18(29-6-5-21(32,12-29)22(23,24)25)28-19(8-13)30-11-20(3-4-20)15-10-26-17(9-16(15)30)27-14(2)31/h7-10,32H,3-6,11-12H2,1-2H3,(H,26,27,31). The molecule has 2 aromatic rings. The number of alkyl halides is 3. The first kappa shape index (κ1) is 21.0. The summed E-state index contributed by atoms with van der Waals surface area (Å²) in [5.41, 5.74) is 0.146. The number of carbonyl (C=O) groups excluding carboxylic acids is 1. The zero-order valence-electron chi connectivity index (χ0n) is 17.8. The SMILES string of the molecule is CC(=O)Nc1cc2c(cn1)C1(CC1)CN2c1cc(C)cc(N2CCC(O)(C(F)(F)F)C2)n1. The molecule has 3 aliphatic rings. The number of anilines is 4. The number of hydrogen-bond donors (Lipinski definition) is 2. The second-order valence-electron chi connectivity index (χ2n) is 9.20. The van der Waals surface area contributed by atoms with Crippen molar-refractivity contribution in [3.8, 4) is 0 Å². The maximum Gasteiger partial charge on any atom is 0.418 e. The number of aryl methyl sites for hydroxylation is 1. The lowest BCUT2D eigenvalue weighted by atomic mass is 10.0. The van der Waals surface area contributed by atoms with E-state index in [1.807, 2.05) is 19.1 Å². The summed E-state index contributed by atoms with van der Waals surface area (Å²) < 4.78 is 39.8. The molecule has 1 saturated carbocycles. The highest BCUT2D eigenvalue weighted by Crippen LogP contribution is 2.58. The van der Waals surface area contributed by atoms with Crippen LogP contribution in [0.15, 0.2) is 24.4 Å². The summed E-state index contributed by atoms with van der Waals surface area (Å²) in [6.07, 6.45) is -1.22. The van der Waals surface area contributed by atoms with Crippen LogP contribution in [-0.4, -0.2) is 52.4 Å². The second kappa shape index (κ2) is 6.81. The Labute approximate surface area is 183 Å². The van der Waals surface area contributed by atoms with E-state index in [0.717, 1.165) is 29.7 Å². The first-order valence-electron chi connectivity index (χ1n) is 10.6. The molecule has 2 aromatic heterocycles. The summed E-state index contributed by atoms with van der Waals surface area (Å²) in [6.45, 7) is 3.53. The number of nitrogens with one attached hydrogen (secondary N) is 1. The van der Waals surface area contributed by atoms with E-state index < -0.39 is 18.3 Å². The molecule has 1 atom stereocenters. The highest BCUT2D eigenvalue weighted by atomic mass is 19.4. The van der Waals surface area contributed by atoms with E-state index in [-0.39, 0.29) is 24.3 Å². The molecule has 0 radical (unpaired) electrons. The minimum absolute atomic E-state index is 0.00680.